The number of aryl methyl sites for hydroxylation is 1. The van der Waals surface area contributed by atoms with E-state index in [1.807, 2.05) is 18.2 Å². The van der Waals surface area contributed by atoms with Crippen LogP contribution in [0.25, 0.3) is 11.1 Å². The Hall–Kier alpha value is -3.26. The molecule has 1 amide bonds. The van der Waals surface area contributed by atoms with E-state index >= 15 is 0 Å². The predicted molar refractivity (Wildman–Crippen MR) is 139 cm³/mol. The van der Waals surface area contributed by atoms with Gasteiger partial charge in [0.15, 0.2) is 11.5 Å². The number of carbonyl (C=O) groups is 1. The van der Waals surface area contributed by atoms with Crippen LogP contribution in [-0.4, -0.2) is 45.5 Å². The van der Waals surface area contributed by atoms with E-state index in [0.29, 0.717) is 42.4 Å². The molecule has 36 heavy (non-hydrogen) atoms. The Morgan fingerprint density at radius 1 is 1.06 bits per heavy atom. The van der Waals surface area contributed by atoms with E-state index in [2.05, 4.69) is 24.5 Å². The van der Waals surface area contributed by atoms with Crippen LogP contribution in [0.5, 0.6) is 17.2 Å². The van der Waals surface area contributed by atoms with E-state index < -0.39 is 0 Å². The molecule has 2 atom stereocenters. The van der Waals surface area contributed by atoms with E-state index in [-0.39, 0.29) is 29.0 Å². The molecule has 2 aliphatic rings. The SMILES string of the molecule is COc1cc2c(c(OC)c1OC)-c1ccc(N[C@@H]3CCOC(C)(C)C3)c(=O)cc1[C@@H](NC(C)=O)CC2. The molecule has 2 aromatic rings. The van der Waals surface area contributed by atoms with Crippen molar-refractivity contribution >= 4 is 11.6 Å². The fourth-order valence-corrected chi connectivity index (χ4v) is 5.40. The molecule has 1 fully saturated rings. The topological polar surface area (TPSA) is 95.1 Å². The first-order valence-corrected chi connectivity index (χ1v) is 12.4. The normalized spacial score (nSPS) is 20.3. The van der Waals surface area contributed by atoms with Crippen LogP contribution in [0, 0.1) is 0 Å². The Morgan fingerprint density at radius 3 is 2.44 bits per heavy atom. The molecule has 194 valence electrons. The maximum absolute atomic E-state index is 13.5. The summed E-state index contributed by atoms with van der Waals surface area (Å²) in [6.45, 7) is 6.26. The number of rotatable bonds is 6. The molecule has 0 saturated carbocycles. The lowest BCUT2D eigenvalue weighted by atomic mass is 9.94. The van der Waals surface area contributed by atoms with Crippen LogP contribution in [0.1, 0.15) is 57.2 Å². The molecule has 0 unspecified atom stereocenters. The number of methoxy groups -OCH3 is 3. The molecule has 8 heteroatoms. The summed E-state index contributed by atoms with van der Waals surface area (Å²) in [5, 5.41) is 6.50. The summed E-state index contributed by atoms with van der Waals surface area (Å²) >= 11 is 0. The summed E-state index contributed by atoms with van der Waals surface area (Å²) in [4.78, 5) is 25.6. The molecule has 2 N–H and O–H groups in total. The average molecular weight is 497 g/mol. The van der Waals surface area contributed by atoms with Crippen molar-refractivity contribution in [2.24, 2.45) is 0 Å². The first-order chi connectivity index (χ1) is 17.2. The molecule has 0 aromatic heterocycles. The fourth-order valence-electron chi connectivity index (χ4n) is 5.40. The second-order valence-electron chi connectivity index (χ2n) is 10.0. The van der Waals surface area contributed by atoms with E-state index in [9.17, 15) is 9.59 Å². The quantitative estimate of drug-likeness (QED) is 0.618. The van der Waals surface area contributed by atoms with E-state index in [4.69, 9.17) is 18.9 Å². The maximum atomic E-state index is 13.5. The van der Waals surface area contributed by atoms with Gasteiger partial charge in [0.25, 0.3) is 0 Å². The summed E-state index contributed by atoms with van der Waals surface area (Å²) in [5.74, 6) is 1.44. The largest absolute Gasteiger partial charge is 0.493 e. The molecule has 0 spiro atoms. The van der Waals surface area contributed by atoms with Gasteiger partial charge < -0.3 is 29.6 Å². The standard InChI is InChI=1S/C28H36N2O6/c1-16(31)29-21-9-7-17-13-24(33-4)26(34-5)27(35-6)25(17)19-8-10-22(23(32)14-20(19)21)30-18-11-12-36-28(2,3)15-18/h8,10,13-14,18,21H,7,9,11-12,15H2,1-6H3,(H,29,31)(H,30,32)/t18-,21+/m1/s1. The first-order valence-electron chi connectivity index (χ1n) is 12.4. The third-order valence-corrected chi connectivity index (χ3v) is 6.97. The number of anilines is 1. The Labute approximate surface area is 212 Å². The number of fused-ring (bicyclic) bond motifs is 3. The van der Waals surface area contributed by atoms with E-state index in [1.54, 1.807) is 27.4 Å². The molecular formula is C28H36N2O6. The fraction of sp³-hybridized carbons (Fsp3) is 0.500. The molecule has 0 bridgehead atoms. The third kappa shape index (κ3) is 5.14. The van der Waals surface area contributed by atoms with Crippen molar-refractivity contribution in [1.82, 2.24) is 5.32 Å². The smallest absolute Gasteiger partial charge is 0.217 e. The second-order valence-corrected chi connectivity index (χ2v) is 10.0. The van der Waals surface area contributed by atoms with Crippen molar-refractivity contribution in [3.63, 3.8) is 0 Å². The van der Waals surface area contributed by atoms with Gasteiger partial charge in [-0.2, -0.15) is 0 Å². The highest BCUT2D eigenvalue weighted by atomic mass is 16.5. The van der Waals surface area contributed by atoms with Crippen molar-refractivity contribution in [1.29, 1.82) is 0 Å². The van der Waals surface area contributed by atoms with Crippen molar-refractivity contribution in [3.05, 3.63) is 45.6 Å². The number of nitrogens with one attached hydrogen (secondary N) is 2. The summed E-state index contributed by atoms with van der Waals surface area (Å²) in [6, 6.07) is 7.16. The molecule has 1 saturated heterocycles. The highest BCUT2D eigenvalue weighted by Crippen LogP contribution is 2.50. The van der Waals surface area contributed by atoms with Crippen LogP contribution >= 0.6 is 0 Å². The summed E-state index contributed by atoms with van der Waals surface area (Å²) in [5.41, 5.74) is 3.55. The molecule has 8 nitrogen and oxygen atoms in total. The lowest BCUT2D eigenvalue weighted by Gasteiger charge is -2.36. The van der Waals surface area contributed by atoms with Crippen molar-refractivity contribution < 1.29 is 23.7 Å². The zero-order valence-electron chi connectivity index (χ0n) is 21.9. The van der Waals surface area contributed by atoms with Gasteiger partial charge in [-0.1, -0.05) is 6.07 Å². The van der Waals surface area contributed by atoms with Crippen LogP contribution in [0.2, 0.25) is 0 Å². The summed E-state index contributed by atoms with van der Waals surface area (Å²) in [7, 11) is 4.76. The lowest BCUT2D eigenvalue weighted by Crippen LogP contribution is -2.40. The minimum atomic E-state index is -0.332. The Balaban J connectivity index is 1.90. The van der Waals surface area contributed by atoms with Crippen molar-refractivity contribution in [3.8, 4) is 28.4 Å². The molecular weight excluding hydrogens is 460 g/mol. The average Bonchev–Trinajstić information content (AvgIpc) is 3.06. The zero-order valence-corrected chi connectivity index (χ0v) is 21.9. The number of amides is 1. The molecule has 1 aliphatic heterocycles. The number of benzene rings is 1. The van der Waals surface area contributed by atoms with Crippen LogP contribution in [0.15, 0.2) is 29.1 Å². The minimum absolute atomic E-state index is 0.126. The molecule has 1 heterocycles. The van der Waals surface area contributed by atoms with Gasteiger partial charge in [0.1, 0.15) is 0 Å². The molecule has 2 aromatic carbocycles. The first kappa shape index (κ1) is 25.8. The Kier molecular flexibility index (Phi) is 7.45. The third-order valence-electron chi connectivity index (χ3n) is 6.97. The Morgan fingerprint density at radius 2 is 1.81 bits per heavy atom. The molecule has 4 rings (SSSR count). The van der Waals surface area contributed by atoms with Gasteiger partial charge in [0, 0.05) is 25.1 Å². The number of hydrogen-bond acceptors (Lipinski definition) is 7. The maximum Gasteiger partial charge on any atom is 0.217 e. The van der Waals surface area contributed by atoms with Crippen molar-refractivity contribution in [2.45, 2.75) is 64.1 Å². The minimum Gasteiger partial charge on any atom is -0.493 e. The lowest BCUT2D eigenvalue weighted by molar-refractivity contribution is -0.119. The van der Waals surface area contributed by atoms with E-state index in [0.717, 1.165) is 35.1 Å². The monoisotopic (exact) mass is 496 g/mol. The number of ether oxygens (including phenoxy) is 4. The zero-order chi connectivity index (χ0) is 26.0. The molecule has 0 radical (unpaired) electrons. The van der Waals surface area contributed by atoms with Crippen LogP contribution in [-0.2, 0) is 16.0 Å². The van der Waals surface area contributed by atoms with Crippen LogP contribution < -0.4 is 30.3 Å². The van der Waals surface area contributed by atoms with Crippen LogP contribution in [0.3, 0.4) is 0 Å². The van der Waals surface area contributed by atoms with E-state index in [1.165, 1.54) is 6.92 Å². The molecule has 1 aliphatic carbocycles. The van der Waals surface area contributed by atoms with Crippen LogP contribution in [0.4, 0.5) is 5.69 Å². The number of carbonyl (C=O) groups excluding carboxylic acids is 1. The van der Waals surface area contributed by atoms with Gasteiger partial charge in [0.05, 0.1) is 38.7 Å². The van der Waals surface area contributed by atoms with Gasteiger partial charge in [-0.15, -0.1) is 0 Å². The predicted octanol–water partition coefficient (Wildman–Crippen LogP) is 4.23. The van der Waals surface area contributed by atoms with Crippen molar-refractivity contribution in [2.75, 3.05) is 33.3 Å². The summed E-state index contributed by atoms with van der Waals surface area (Å²) < 4.78 is 22.9. The Bertz CT molecular complexity index is 1210. The highest BCUT2D eigenvalue weighted by Gasteiger charge is 2.31. The van der Waals surface area contributed by atoms with Gasteiger partial charge in [-0.05, 0) is 74.4 Å². The second kappa shape index (κ2) is 10.4. The summed E-state index contributed by atoms with van der Waals surface area (Å²) in [6.07, 6.45) is 2.90. The van der Waals surface area contributed by atoms with Gasteiger partial charge in [0.2, 0.25) is 17.1 Å². The van der Waals surface area contributed by atoms with Gasteiger partial charge in [-0.25, -0.2) is 0 Å². The highest BCUT2D eigenvalue weighted by molar-refractivity contribution is 5.83. The van der Waals surface area contributed by atoms with Gasteiger partial charge >= 0.3 is 0 Å². The number of hydrogen-bond donors (Lipinski definition) is 2. The van der Waals surface area contributed by atoms with Gasteiger partial charge in [-0.3, -0.25) is 9.59 Å².